The van der Waals surface area contributed by atoms with Crippen molar-refractivity contribution >= 4 is 23.0 Å². The molecule has 1 aliphatic carbocycles. The minimum absolute atomic E-state index is 0.0269. The van der Waals surface area contributed by atoms with Crippen LogP contribution < -0.4 is 10.1 Å². The molecular weight excluding hydrogens is 370 g/mol. The highest BCUT2D eigenvalue weighted by Gasteiger charge is 2.25. The molecule has 0 aliphatic heterocycles. The second-order valence-corrected chi connectivity index (χ2v) is 6.65. The highest BCUT2D eigenvalue weighted by Crippen LogP contribution is 2.33. The van der Waals surface area contributed by atoms with Crippen LogP contribution in [0.2, 0.25) is 0 Å². The Morgan fingerprint density at radius 2 is 2.00 bits per heavy atom. The van der Waals surface area contributed by atoms with E-state index in [2.05, 4.69) is 20.8 Å². The maximum Gasteiger partial charge on any atom is 0.228 e. The summed E-state index contributed by atoms with van der Waals surface area (Å²) in [6.07, 6.45) is 2.58. The van der Waals surface area contributed by atoms with Crippen LogP contribution in [-0.4, -0.2) is 39.0 Å². The van der Waals surface area contributed by atoms with E-state index >= 15 is 0 Å². The first-order valence-corrected chi connectivity index (χ1v) is 9.17. The number of hydrogen-bond acceptors (Lipinski definition) is 6. The number of benzene rings is 2. The fraction of sp³-hybridized carbons (Fsp3) is 0.190. The average molecular weight is 389 g/mol. The van der Waals surface area contributed by atoms with Crippen molar-refractivity contribution in [2.75, 3.05) is 12.4 Å². The van der Waals surface area contributed by atoms with Crippen molar-refractivity contribution in [2.45, 2.75) is 19.3 Å². The van der Waals surface area contributed by atoms with Crippen LogP contribution in [-0.2, 0) is 9.59 Å². The molecule has 146 valence electrons. The fourth-order valence-electron chi connectivity index (χ4n) is 3.42. The number of Topliss-reactive ketones (excluding diaryl/α,β-unsaturated/α-hetero) is 1. The molecule has 1 aliphatic rings. The summed E-state index contributed by atoms with van der Waals surface area (Å²) >= 11 is 0. The van der Waals surface area contributed by atoms with Crippen LogP contribution in [0.3, 0.4) is 0 Å². The van der Waals surface area contributed by atoms with Gasteiger partial charge in [0.15, 0.2) is 5.78 Å². The third-order valence-electron chi connectivity index (χ3n) is 4.79. The Hall–Kier alpha value is -3.81. The number of nitrogens with zero attached hydrogens (tertiary/aromatic N) is 4. The van der Waals surface area contributed by atoms with Crippen LogP contribution in [0.4, 0.5) is 5.69 Å². The largest absolute Gasteiger partial charge is 0.497 e. The molecule has 0 unspecified atom stereocenters. The lowest BCUT2D eigenvalue weighted by molar-refractivity contribution is -0.119. The second-order valence-electron chi connectivity index (χ2n) is 6.65. The van der Waals surface area contributed by atoms with Gasteiger partial charge in [0, 0.05) is 29.8 Å². The first-order chi connectivity index (χ1) is 14.1. The van der Waals surface area contributed by atoms with E-state index in [-0.39, 0.29) is 18.1 Å². The molecule has 4 rings (SSSR count). The summed E-state index contributed by atoms with van der Waals surface area (Å²) in [7, 11) is 1.54. The molecule has 0 saturated heterocycles. The quantitative estimate of drug-likeness (QED) is 0.696. The molecule has 8 nitrogen and oxygen atoms in total. The number of methoxy groups -OCH3 is 1. The predicted octanol–water partition coefficient (Wildman–Crippen LogP) is 2.82. The summed E-state index contributed by atoms with van der Waals surface area (Å²) in [6.45, 7) is 0. The van der Waals surface area contributed by atoms with Crippen molar-refractivity contribution in [1.29, 1.82) is 0 Å². The van der Waals surface area contributed by atoms with Gasteiger partial charge in [0.1, 0.15) is 12.1 Å². The Bertz CT molecular complexity index is 1070. The van der Waals surface area contributed by atoms with Gasteiger partial charge in [-0.25, -0.2) is 4.68 Å². The van der Waals surface area contributed by atoms with E-state index < -0.39 is 0 Å². The number of allylic oxidation sites excluding steroid dienone is 1. The lowest BCUT2D eigenvalue weighted by Gasteiger charge is -2.11. The molecule has 0 atom stereocenters. The van der Waals surface area contributed by atoms with E-state index in [0.29, 0.717) is 35.5 Å². The number of carbonyl (C=O) groups excluding carboxylic acids is 2. The summed E-state index contributed by atoms with van der Waals surface area (Å²) in [4.78, 5) is 25.1. The maximum atomic E-state index is 12.7. The molecule has 1 amide bonds. The van der Waals surface area contributed by atoms with Gasteiger partial charge in [-0.1, -0.05) is 30.3 Å². The zero-order chi connectivity index (χ0) is 20.2. The smallest absolute Gasteiger partial charge is 0.228 e. The maximum absolute atomic E-state index is 12.7. The highest BCUT2D eigenvalue weighted by atomic mass is 16.5. The molecule has 2 aromatic carbocycles. The number of carbonyl (C=O) groups is 2. The lowest BCUT2D eigenvalue weighted by atomic mass is 10.00. The minimum atomic E-state index is -0.264. The summed E-state index contributed by atoms with van der Waals surface area (Å²) < 4.78 is 6.77. The summed E-state index contributed by atoms with van der Waals surface area (Å²) in [5.74, 6) is 0.313. The number of nitrogens with one attached hydrogen (secondary N) is 1. The summed E-state index contributed by atoms with van der Waals surface area (Å²) in [5.41, 5.74) is 3.70. The van der Waals surface area contributed by atoms with Gasteiger partial charge in [0.2, 0.25) is 5.91 Å². The number of tetrazole rings is 1. The third kappa shape index (κ3) is 4.06. The van der Waals surface area contributed by atoms with Gasteiger partial charge in [-0.3, -0.25) is 9.59 Å². The van der Waals surface area contributed by atoms with Crippen molar-refractivity contribution in [3.8, 4) is 11.4 Å². The van der Waals surface area contributed by atoms with Gasteiger partial charge in [-0.2, -0.15) is 0 Å². The number of anilines is 1. The van der Waals surface area contributed by atoms with E-state index in [1.165, 1.54) is 11.0 Å². The highest BCUT2D eigenvalue weighted by molar-refractivity contribution is 6.11. The van der Waals surface area contributed by atoms with Gasteiger partial charge in [0.25, 0.3) is 0 Å². The Morgan fingerprint density at radius 1 is 1.17 bits per heavy atom. The number of ketones is 1. The molecule has 8 heteroatoms. The van der Waals surface area contributed by atoms with E-state index in [4.69, 9.17) is 4.74 Å². The van der Waals surface area contributed by atoms with Crippen LogP contribution in [0.15, 0.2) is 60.4 Å². The molecule has 1 N–H and O–H groups in total. The van der Waals surface area contributed by atoms with Crippen LogP contribution in [0.25, 0.3) is 11.3 Å². The van der Waals surface area contributed by atoms with E-state index in [9.17, 15) is 9.59 Å². The van der Waals surface area contributed by atoms with Crippen molar-refractivity contribution in [3.63, 3.8) is 0 Å². The Balaban J connectivity index is 1.57. The van der Waals surface area contributed by atoms with Crippen LogP contribution in [0.5, 0.6) is 5.75 Å². The van der Waals surface area contributed by atoms with Crippen molar-refractivity contribution in [1.82, 2.24) is 20.2 Å². The molecule has 0 spiro atoms. The van der Waals surface area contributed by atoms with Gasteiger partial charge in [-0.15, -0.1) is 5.10 Å². The van der Waals surface area contributed by atoms with E-state index in [1.807, 2.05) is 30.3 Å². The van der Waals surface area contributed by atoms with Crippen molar-refractivity contribution < 1.29 is 14.3 Å². The summed E-state index contributed by atoms with van der Waals surface area (Å²) in [5, 5.41) is 13.9. The molecule has 29 heavy (non-hydrogen) atoms. The zero-order valence-corrected chi connectivity index (χ0v) is 15.8. The molecular formula is C21H19N5O3. The van der Waals surface area contributed by atoms with Crippen molar-refractivity contribution in [2.24, 2.45) is 0 Å². The molecule has 0 saturated carbocycles. The third-order valence-corrected chi connectivity index (χ3v) is 4.79. The number of amides is 1. The van der Waals surface area contributed by atoms with Gasteiger partial charge in [0.05, 0.1) is 19.2 Å². The summed E-state index contributed by atoms with van der Waals surface area (Å²) in [6, 6.07) is 14.9. The van der Waals surface area contributed by atoms with E-state index in [1.54, 1.807) is 25.3 Å². The van der Waals surface area contributed by atoms with E-state index in [0.717, 1.165) is 11.1 Å². The molecule has 0 bridgehead atoms. The number of ether oxygens (including phenoxy) is 1. The normalized spacial score (nSPS) is 13.6. The van der Waals surface area contributed by atoms with Gasteiger partial charge in [-0.05, 0) is 34.1 Å². The molecule has 1 aromatic heterocycles. The molecule has 0 radical (unpaired) electrons. The molecule has 0 fully saturated rings. The zero-order valence-electron chi connectivity index (χ0n) is 15.8. The Morgan fingerprint density at radius 3 is 2.72 bits per heavy atom. The lowest BCUT2D eigenvalue weighted by Crippen LogP contribution is -2.15. The monoisotopic (exact) mass is 389 g/mol. The van der Waals surface area contributed by atoms with Crippen molar-refractivity contribution in [3.05, 3.63) is 66.0 Å². The molecule has 3 aromatic rings. The SMILES string of the molecule is COc1cc(NC(=O)CC2=C(c3ccccc3)CCC2=O)cc(-n2cnnn2)c1. The Kier molecular flexibility index (Phi) is 5.15. The number of aromatic nitrogens is 4. The Labute approximate surface area is 167 Å². The average Bonchev–Trinajstić information content (AvgIpc) is 3.39. The predicted molar refractivity (Wildman–Crippen MR) is 107 cm³/mol. The van der Waals surface area contributed by atoms with Crippen LogP contribution >= 0.6 is 0 Å². The molecule has 1 heterocycles. The topological polar surface area (TPSA) is 99.0 Å². The number of hydrogen-bond donors (Lipinski definition) is 1. The first-order valence-electron chi connectivity index (χ1n) is 9.17. The van der Waals surface area contributed by atoms with Crippen LogP contribution in [0.1, 0.15) is 24.8 Å². The minimum Gasteiger partial charge on any atom is -0.497 e. The standard InChI is InChI=1S/C21H19N5O3/c1-29-17-10-15(9-16(11-17)26-13-22-24-25-26)23-21(28)12-19-18(7-8-20(19)27)14-5-3-2-4-6-14/h2-6,9-11,13H,7-8,12H2,1H3,(H,23,28). The first kappa shape index (κ1) is 18.5. The van der Waals surface area contributed by atoms with Gasteiger partial charge >= 0.3 is 0 Å². The second kappa shape index (κ2) is 8.05. The van der Waals surface area contributed by atoms with Gasteiger partial charge < -0.3 is 10.1 Å². The van der Waals surface area contributed by atoms with Crippen LogP contribution in [0, 0.1) is 0 Å². The number of rotatable bonds is 6. The fourth-order valence-corrected chi connectivity index (χ4v) is 3.42.